The number of rotatable bonds is 1. The van der Waals surface area contributed by atoms with Crippen LogP contribution in [0.1, 0.15) is 0 Å². The summed E-state index contributed by atoms with van der Waals surface area (Å²) < 4.78 is 228. The molecule has 0 aliphatic carbocycles. The Morgan fingerprint density at radius 2 is 0.860 bits per heavy atom. The Kier molecular flexibility index (Phi) is 7.35. The number of hydrogen-bond donors (Lipinski definition) is 2. The summed E-state index contributed by atoms with van der Waals surface area (Å²) in [6.45, 7) is 0. The molecule has 0 spiro atoms. The highest BCUT2D eigenvalue weighted by molar-refractivity contribution is 6.12. The number of H-pyrrole nitrogens is 1. The number of nitrogens with zero attached hydrogens (tertiary/aromatic N) is 7. The lowest BCUT2D eigenvalue weighted by Crippen LogP contribution is -2.02. The van der Waals surface area contributed by atoms with Gasteiger partial charge in [-0.2, -0.15) is 0 Å². The zero-order chi connectivity index (χ0) is 40.8. The van der Waals surface area contributed by atoms with Gasteiger partial charge < -0.3 is 10.3 Å². The maximum absolute atomic E-state index is 16.4. The van der Waals surface area contributed by atoms with Gasteiger partial charge in [-0.3, -0.25) is 0 Å². The van der Waals surface area contributed by atoms with E-state index in [2.05, 4.69) is 40.2 Å². The van der Waals surface area contributed by atoms with Crippen molar-refractivity contribution in [1.29, 1.82) is 0 Å². The van der Waals surface area contributed by atoms with E-state index in [0.29, 0.717) is 0 Å². The molecule has 0 radical (unpaired) electrons. The summed E-state index contributed by atoms with van der Waals surface area (Å²) in [7, 11) is 0.986. The van der Waals surface area contributed by atoms with Crippen molar-refractivity contribution in [3.8, 4) is 45.6 Å². The van der Waals surface area contributed by atoms with Crippen LogP contribution in [0.25, 0.3) is 89.7 Å². The van der Waals surface area contributed by atoms with Gasteiger partial charge in [0.05, 0.1) is 43.9 Å². The lowest BCUT2D eigenvalue weighted by Gasteiger charge is -2.07. The quantitative estimate of drug-likeness (QED) is 0.0968. The maximum Gasteiger partial charge on any atom is 0.198 e. The fraction of sp³-hybridized carbons (Fsp3) is 0.0303. The number of benzene rings is 4. The van der Waals surface area contributed by atoms with Crippen molar-refractivity contribution in [2.24, 2.45) is 0 Å². The van der Waals surface area contributed by atoms with E-state index in [-0.39, 0.29) is 6.07 Å². The van der Waals surface area contributed by atoms with Gasteiger partial charge in [-0.15, -0.1) is 4.79 Å². The second kappa shape index (κ2) is 11.8. The molecule has 0 amide bonds. The highest BCUT2D eigenvalue weighted by Gasteiger charge is 2.36. The molecule has 24 heteroatoms. The van der Waals surface area contributed by atoms with Gasteiger partial charge in [0.25, 0.3) is 0 Å². The number of fused-ring (bicyclic) bond motifs is 20. The van der Waals surface area contributed by atoms with Crippen LogP contribution in [0.15, 0.2) is 6.07 Å². The predicted molar refractivity (Wildman–Crippen MR) is 165 cm³/mol. The van der Waals surface area contributed by atoms with Gasteiger partial charge in [-0.25, -0.2) is 91.4 Å². The van der Waals surface area contributed by atoms with Crippen LogP contribution in [0.2, 0.25) is 0 Å². The molecular formula is C33H6F15N9. The second-order valence-corrected chi connectivity index (χ2v) is 12.0. The molecule has 2 aliphatic rings. The Labute approximate surface area is 301 Å². The zero-order valence-electron chi connectivity index (χ0n) is 26.9. The van der Waals surface area contributed by atoms with E-state index in [4.69, 9.17) is 0 Å². The van der Waals surface area contributed by atoms with Crippen LogP contribution in [-0.4, -0.2) is 46.7 Å². The first-order valence-corrected chi connectivity index (χ1v) is 15.3. The number of hydrogen-bond acceptors (Lipinski definition) is 7. The lowest BCUT2D eigenvalue weighted by molar-refractivity contribution is 0.398. The van der Waals surface area contributed by atoms with Crippen LogP contribution in [0.4, 0.5) is 71.6 Å². The molecule has 2 aliphatic heterocycles. The molecule has 9 rings (SSSR count). The van der Waals surface area contributed by atoms with Crippen LogP contribution in [0.3, 0.4) is 0 Å². The van der Waals surface area contributed by atoms with E-state index in [1.807, 2.05) is 0 Å². The van der Waals surface area contributed by atoms with Crippen LogP contribution >= 0.6 is 0 Å². The summed E-state index contributed by atoms with van der Waals surface area (Å²) in [5.41, 5.74) is -11.4. The first-order valence-electron chi connectivity index (χ1n) is 15.3. The normalized spacial score (nSPS) is 12.2. The molecule has 9 nitrogen and oxygen atoms in total. The SMILES string of the molecule is CNc1c(F)c(F)c(F)c2c3nc4nc(nc5c6c(F)c(F)c(F)c(F)c6c(nc6nc(nc([nH]3)c12)-c1c(F)c(F)c(F)c(F)c1-6)n5F)-c1c-4cc(F)c(F)c1F. The molecule has 7 aromatic rings. The molecule has 5 heterocycles. The van der Waals surface area contributed by atoms with E-state index >= 15 is 35.2 Å². The first-order chi connectivity index (χ1) is 27.0. The van der Waals surface area contributed by atoms with Crippen molar-refractivity contribution < 1.29 is 65.9 Å². The molecule has 288 valence electrons. The minimum absolute atomic E-state index is 0.230. The molecule has 2 N–H and O–H groups in total. The summed E-state index contributed by atoms with van der Waals surface area (Å²) in [6.07, 6.45) is 0. The van der Waals surface area contributed by atoms with Crippen molar-refractivity contribution in [3.05, 3.63) is 87.5 Å². The Morgan fingerprint density at radius 1 is 0.439 bits per heavy atom. The predicted octanol–water partition coefficient (Wildman–Crippen LogP) is 9.06. The van der Waals surface area contributed by atoms with Gasteiger partial charge in [0.1, 0.15) is 11.3 Å². The van der Waals surface area contributed by atoms with Crippen molar-refractivity contribution >= 4 is 49.8 Å². The van der Waals surface area contributed by atoms with Crippen molar-refractivity contribution in [3.63, 3.8) is 0 Å². The molecule has 0 unspecified atom stereocenters. The van der Waals surface area contributed by atoms with E-state index in [9.17, 15) is 30.7 Å². The Hall–Kier alpha value is -7.01. The van der Waals surface area contributed by atoms with E-state index < -0.39 is 182 Å². The smallest absolute Gasteiger partial charge is 0.198 e. The van der Waals surface area contributed by atoms with Crippen LogP contribution in [0, 0.1) is 81.4 Å². The molecule has 0 saturated heterocycles. The fourth-order valence-corrected chi connectivity index (χ4v) is 6.52. The standard InChI is InChI=1S/C33H6F15N9/c1-49-25-11-8(16(39)23(46)24(25)47)29-51-26-3-2-4(34)12(35)13(36)5(3)27(50-26)55-32-9-10(18(41)22(45)21(44)17(9)40)33(57(32)48)56-30-7-6(28(52-30)53-31(11)54-29)14(37)19(42)20(43)15(7)38/h2,49H,1H3,(H,50,51,52,53,54,55,56). The van der Waals surface area contributed by atoms with E-state index in [1.165, 1.54) is 0 Å². The molecule has 4 aromatic carbocycles. The second-order valence-electron chi connectivity index (χ2n) is 12.0. The fourth-order valence-electron chi connectivity index (χ4n) is 6.52. The summed E-state index contributed by atoms with van der Waals surface area (Å²) in [6, 6.07) is 0.230. The van der Waals surface area contributed by atoms with Gasteiger partial charge >= 0.3 is 0 Å². The van der Waals surface area contributed by atoms with E-state index in [1.54, 1.807) is 0 Å². The van der Waals surface area contributed by atoms with Gasteiger partial charge in [0, 0.05) is 12.6 Å². The van der Waals surface area contributed by atoms with Crippen LogP contribution in [-0.2, 0) is 0 Å². The monoisotopic (exact) mass is 813 g/mol. The number of halogens is 15. The van der Waals surface area contributed by atoms with Gasteiger partial charge in [-0.05, 0) is 6.07 Å². The highest BCUT2D eigenvalue weighted by atomic mass is 19.2. The van der Waals surface area contributed by atoms with Gasteiger partial charge in [-0.1, -0.05) is 4.48 Å². The first kappa shape index (κ1) is 35.7. The van der Waals surface area contributed by atoms with Gasteiger partial charge in [0.2, 0.25) is 0 Å². The Balaban J connectivity index is 1.63. The largest absolute Gasteiger partial charge is 0.385 e. The van der Waals surface area contributed by atoms with Crippen LogP contribution < -0.4 is 5.32 Å². The third-order valence-electron chi connectivity index (χ3n) is 8.99. The zero-order valence-corrected chi connectivity index (χ0v) is 26.9. The minimum atomic E-state index is -2.60. The lowest BCUT2D eigenvalue weighted by atomic mass is 10.1. The molecule has 0 saturated carbocycles. The molecule has 0 fully saturated rings. The van der Waals surface area contributed by atoms with Crippen molar-refractivity contribution in [2.45, 2.75) is 0 Å². The topological polar surface area (TPSA) is 110 Å². The summed E-state index contributed by atoms with van der Waals surface area (Å²) in [4.78, 5) is 23.3. The number of nitrogens with one attached hydrogen (secondary N) is 2. The Morgan fingerprint density at radius 3 is 1.42 bits per heavy atom. The summed E-state index contributed by atoms with van der Waals surface area (Å²) >= 11 is 0. The van der Waals surface area contributed by atoms with E-state index in [0.717, 1.165) is 7.05 Å². The molecule has 0 atom stereocenters. The van der Waals surface area contributed by atoms with Gasteiger partial charge in [0.15, 0.2) is 116 Å². The molecule has 3 aromatic heterocycles. The average Bonchev–Trinajstić information content (AvgIpc) is 3.90. The number of aromatic amines is 1. The van der Waals surface area contributed by atoms with Crippen molar-refractivity contribution in [1.82, 2.24) is 39.7 Å². The maximum atomic E-state index is 16.4. The third kappa shape index (κ3) is 4.50. The minimum Gasteiger partial charge on any atom is -0.385 e. The molecule has 57 heavy (non-hydrogen) atoms. The molecular weight excluding hydrogens is 807 g/mol. The number of anilines is 1. The van der Waals surface area contributed by atoms with Crippen LogP contribution in [0.5, 0.6) is 0 Å². The third-order valence-corrected chi connectivity index (χ3v) is 8.99. The summed E-state index contributed by atoms with van der Waals surface area (Å²) in [5, 5.41) is -3.05. The highest BCUT2D eigenvalue weighted by Crippen LogP contribution is 2.44. The van der Waals surface area contributed by atoms with Crippen molar-refractivity contribution in [2.75, 3.05) is 12.4 Å². The number of aromatic nitrogens is 8. The summed E-state index contributed by atoms with van der Waals surface area (Å²) in [5.74, 6) is -37.2. The molecule has 8 bridgehead atoms. The Bertz CT molecular complexity index is 3250. The average molecular weight is 813 g/mol.